The van der Waals surface area contributed by atoms with E-state index in [2.05, 4.69) is 15.0 Å². The number of sulfonamides is 1. The molecule has 0 aliphatic rings. The summed E-state index contributed by atoms with van der Waals surface area (Å²) < 4.78 is 26.5. The quantitative estimate of drug-likeness (QED) is 0.589. The number of carbonyl (C=O) groups is 1. The van der Waals surface area contributed by atoms with Gasteiger partial charge in [-0.3, -0.25) is 14.3 Å². The number of nitrogens with zero attached hydrogens (tertiary/aromatic N) is 2. The van der Waals surface area contributed by atoms with Crippen LogP contribution in [0.4, 0.5) is 10.8 Å². The molecule has 0 aliphatic carbocycles. The van der Waals surface area contributed by atoms with Gasteiger partial charge < -0.3 is 9.88 Å². The van der Waals surface area contributed by atoms with E-state index in [1.807, 2.05) is 12.3 Å². The van der Waals surface area contributed by atoms with E-state index in [0.29, 0.717) is 23.1 Å². The second-order valence-corrected chi connectivity index (χ2v) is 9.51. The van der Waals surface area contributed by atoms with Crippen LogP contribution in [0.5, 0.6) is 0 Å². The Kier molecular flexibility index (Phi) is 5.96. The van der Waals surface area contributed by atoms with Crippen LogP contribution in [-0.2, 0) is 21.4 Å². The zero-order valence-electron chi connectivity index (χ0n) is 15.1. The van der Waals surface area contributed by atoms with Crippen LogP contribution in [0, 0.1) is 6.92 Å². The summed E-state index contributed by atoms with van der Waals surface area (Å²) in [6.07, 6.45) is 1.27. The topological polar surface area (TPSA) is 110 Å². The van der Waals surface area contributed by atoms with Gasteiger partial charge in [-0.2, -0.15) is 0 Å². The van der Waals surface area contributed by atoms with Crippen LogP contribution in [0.3, 0.4) is 0 Å². The normalized spacial score (nSPS) is 11.4. The largest absolute Gasteiger partial charge is 0.307 e. The van der Waals surface area contributed by atoms with Crippen molar-refractivity contribution >= 4 is 49.4 Å². The summed E-state index contributed by atoms with van der Waals surface area (Å²) in [6.45, 7) is 2.16. The van der Waals surface area contributed by atoms with Crippen LogP contribution in [0.1, 0.15) is 12.1 Å². The van der Waals surface area contributed by atoms with Crippen molar-refractivity contribution in [3.05, 3.63) is 50.4 Å². The minimum atomic E-state index is -3.32. The van der Waals surface area contributed by atoms with Crippen LogP contribution < -0.4 is 14.9 Å². The van der Waals surface area contributed by atoms with E-state index in [0.717, 1.165) is 28.8 Å². The molecule has 3 rings (SSSR count). The van der Waals surface area contributed by atoms with Gasteiger partial charge in [-0.25, -0.2) is 13.4 Å². The first-order valence-electron chi connectivity index (χ1n) is 8.20. The van der Waals surface area contributed by atoms with E-state index < -0.39 is 10.0 Å². The van der Waals surface area contributed by atoms with Crippen molar-refractivity contribution in [2.24, 2.45) is 0 Å². The highest BCUT2D eigenvalue weighted by molar-refractivity contribution is 7.92. The minimum Gasteiger partial charge on any atom is -0.303 e. The summed E-state index contributed by atoms with van der Waals surface area (Å²) >= 11 is 2.41. The molecular weight excluding hydrogens is 420 g/mol. The monoisotopic (exact) mass is 438 g/mol. The zero-order valence-corrected chi connectivity index (χ0v) is 17.6. The van der Waals surface area contributed by atoms with Crippen molar-refractivity contribution < 1.29 is 13.2 Å². The lowest BCUT2D eigenvalue weighted by molar-refractivity contribution is -0.116. The lowest BCUT2D eigenvalue weighted by Crippen LogP contribution is -2.20. The van der Waals surface area contributed by atoms with E-state index >= 15 is 0 Å². The Bertz CT molecular complexity index is 1140. The SMILES string of the molecule is Cc1csc(=O)n1CCC(=O)Nc1nc(-c2ccc(NS(C)(=O)=O)cc2)cs1. The van der Waals surface area contributed by atoms with Gasteiger partial charge in [0.05, 0.1) is 11.9 Å². The molecular formula is C17H18N4O4S3. The molecule has 148 valence electrons. The molecule has 11 heteroatoms. The van der Waals surface area contributed by atoms with Gasteiger partial charge in [-0.1, -0.05) is 23.5 Å². The molecule has 0 radical (unpaired) electrons. The number of benzene rings is 1. The summed E-state index contributed by atoms with van der Waals surface area (Å²) in [5.41, 5.74) is 2.79. The molecule has 3 aromatic rings. The first kappa shape index (κ1) is 20.2. The first-order chi connectivity index (χ1) is 13.2. The predicted octanol–water partition coefficient (Wildman–Crippen LogP) is 2.74. The highest BCUT2D eigenvalue weighted by Gasteiger charge is 2.10. The Hall–Kier alpha value is -2.50. The van der Waals surface area contributed by atoms with E-state index in [-0.39, 0.29) is 17.2 Å². The van der Waals surface area contributed by atoms with Crippen LogP contribution in [0.25, 0.3) is 11.3 Å². The van der Waals surface area contributed by atoms with Gasteiger partial charge in [0.1, 0.15) is 0 Å². The van der Waals surface area contributed by atoms with E-state index in [9.17, 15) is 18.0 Å². The van der Waals surface area contributed by atoms with Gasteiger partial charge in [-0.15, -0.1) is 11.3 Å². The molecule has 0 saturated heterocycles. The van der Waals surface area contributed by atoms with Crippen LogP contribution >= 0.6 is 22.7 Å². The molecule has 0 spiro atoms. The van der Waals surface area contributed by atoms with Crippen LogP contribution in [0.15, 0.2) is 39.8 Å². The van der Waals surface area contributed by atoms with Gasteiger partial charge in [-0.05, 0) is 19.1 Å². The number of thiazole rings is 2. The van der Waals surface area contributed by atoms with E-state index in [1.54, 1.807) is 34.2 Å². The number of nitrogens with one attached hydrogen (secondary N) is 2. The Morgan fingerprint density at radius 2 is 1.89 bits per heavy atom. The summed E-state index contributed by atoms with van der Waals surface area (Å²) in [7, 11) is -3.32. The second-order valence-electron chi connectivity index (χ2n) is 6.08. The first-order valence-corrected chi connectivity index (χ1v) is 11.8. The summed E-state index contributed by atoms with van der Waals surface area (Å²) in [4.78, 5) is 28.1. The number of aromatic nitrogens is 2. The smallest absolute Gasteiger partial charge is 0.303 e. The highest BCUT2D eigenvalue weighted by Crippen LogP contribution is 2.26. The van der Waals surface area contributed by atoms with Gasteiger partial charge >= 0.3 is 4.87 Å². The highest BCUT2D eigenvalue weighted by atomic mass is 32.2. The Morgan fingerprint density at radius 1 is 1.18 bits per heavy atom. The van der Waals surface area contributed by atoms with Crippen molar-refractivity contribution in [2.45, 2.75) is 19.9 Å². The molecule has 0 bridgehead atoms. The van der Waals surface area contributed by atoms with Crippen LogP contribution in [-0.4, -0.2) is 30.1 Å². The number of hydrogen-bond acceptors (Lipinski definition) is 7. The fraction of sp³-hybridized carbons (Fsp3) is 0.235. The molecule has 0 fully saturated rings. The van der Waals surface area contributed by atoms with Crippen molar-refractivity contribution in [1.82, 2.24) is 9.55 Å². The molecule has 28 heavy (non-hydrogen) atoms. The molecule has 0 unspecified atom stereocenters. The standard InChI is InChI=1S/C17H18N4O4S3/c1-11-9-27-17(23)21(11)8-7-15(22)19-16-18-14(10-26-16)12-3-5-13(6-4-12)20-28(2,24)25/h3-6,9-10,20H,7-8H2,1-2H3,(H,18,19,22). The third-order valence-electron chi connectivity index (χ3n) is 3.77. The number of aryl methyl sites for hydroxylation is 1. The molecule has 2 N–H and O–H groups in total. The molecule has 2 aromatic heterocycles. The number of anilines is 2. The van der Waals surface area contributed by atoms with Crippen molar-refractivity contribution in [1.29, 1.82) is 0 Å². The third-order valence-corrected chi connectivity index (χ3v) is 6.02. The van der Waals surface area contributed by atoms with Gasteiger partial charge in [0.25, 0.3) is 0 Å². The molecule has 0 saturated carbocycles. The Morgan fingerprint density at radius 3 is 2.50 bits per heavy atom. The zero-order chi connectivity index (χ0) is 20.3. The van der Waals surface area contributed by atoms with Gasteiger partial charge in [0.2, 0.25) is 15.9 Å². The predicted molar refractivity (Wildman–Crippen MR) is 113 cm³/mol. The number of carbonyl (C=O) groups excluding carboxylic acids is 1. The summed E-state index contributed by atoms with van der Waals surface area (Å²) in [5.74, 6) is -0.217. The van der Waals surface area contributed by atoms with E-state index in [4.69, 9.17) is 0 Å². The maximum Gasteiger partial charge on any atom is 0.307 e. The van der Waals surface area contributed by atoms with E-state index in [1.165, 1.54) is 11.3 Å². The lowest BCUT2D eigenvalue weighted by Gasteiger charge is -2.05. The molecule has 1 aromatic carbocycles. The van der Waals surface area contributed by atoms with Gasteiger partial charge in [0.15, 0.2) is 5.13 Å². The molecule has 1 amide bonds. The number of hydrogen-bond donors (Lipinski definition) is 2. The molecule has 0 atom stereocenters. The summed E-state index contributed by atoms with van der Waals surface area (Å²) in [5, 5.41) is 6.78. The maximum absolute atomic E-state index is 12.1. The summed E-state index contributed by atoms with van der Waals surface area (Å²) in [6, 6.07) is 6.80. The average molecular weight is 439 g/mol. The second kappa shape index (κ2) is 8.25. The van der Waals surface area contributed by atoms with Gasteiger partial charge in [0, 0.05) is 40.7 Å². The Labute approximate surface area is 169 Å². The third kappa shape index (κ3) is 5.27. The molecule has 2 heterocycles. The number of amides is 1. The fourth-order valence-electron chi connectivity index (χ4n) is 2.46. The number of rotatable bonds is 7. The average Bonchev–Trinajstić information content (AvgIpc) is 3.19. The molecule has 0 aliphatic heterocycles. The van der Waals surface area contributed by atoms with Crippen molar-refractivity contribution in [2.75, 3.05) is 16.3 Å². The lowest BCUT2D eigenvalue weighted by atomic mass is 10.1. The van der Waals surface area contributed by atoms with Crippen LogP contribution in [0.2, 0.25) is 0 Å². The minimum absolute atomic E-state index is 0.0735. The molecule has 8 nitrogen and oxygen atoms in total. The fourth-order valence-corrected chi connectivity index (χ4v) is 4.52. The Balaban J connectivity index is 1.60. The van der Waals surface area contributed by atoms with Crippen molar-refractivity contribution in [3.63, 3.8) is 0 Å². The maximum atomic E-state index is 12.1. The van der Waals surface area contributed by atoms with Crippen molar-refractivity contribution in [3.8, 4) is 11.3 Å².